The van der Waals surface area contributed by atoms with E-state index in [-0.39, 0.29) is 18.2 Å². The van der Waals surface area contributed by atoms with Crippen molar-refractivity contribution in [3.63, 3.8) is 0 Å². The van der Waals surface area contributed by atoms with Crippen molar-refractivity contribution in [2.45, 2.75) is 44.2 Å². The Balaban J connectivity index is 1.54. The first-order valence-corrected chi connectivity index (χ1v) is 7.55. The summed E-state index contributed by atoms with van der Waals surface area (Å²) in [6, 6.07) is -0.0303. The van der Waals surface area contributed by atoms with Crippen LogP contribution in [-0.4, -0.2) is 53.8 Å². The van der Waals surface area contributed by atoms with Crippen LogP contribution in [0.15, 0.2) is 0 Å². The second-order valence-electron chi connectivity index (χ2n) is 6.14. The van der Waals surface area contributed by atoms with Gasteiger partial charge in [-0.3, -0.25) is 4.79 Å². The van der Waals surface area contributed by atoms with Crippen LogP contribution < -0.4 is 5.32 Å². The van der Waals surface area contributed by atoms with Crippen molar-refractivity contribution < 1.29 is 19.4 Å². The Morgan fingerprint density at radius 2 is 2.00 bits per heavy atom. The number of carboxylic acid groups (broad SMARTS) is 1. The molecule has 20 heavy (non-hydrogen) atoms. The number of likely N-dealkylation sites (tertiary alicyclic amines) is 1. The summed E-state index contributed by atoms with van der Waals surface area (Å²) in [5, 5.41) is 12.1. The van der Waals surface area contributed by atoms with Gasteiger partial charge < -0.3 is 20.1 Å². The second kappa shape index (κ2) is 5.60. The molecule has 2 unspecified atom stereocenters. The number of carbonyl (C=O) groups excluding carboxylic acids is 1. The van der Waals surface area contributed by atoms with E-state index in [0.29, 0.717) is 32.0 Å². The Morgan fingerprint density at radius 3 is 2.70 bits per heavy atom. The fourth-order valence-electron chi connectivity index (χ4n) is 3.27. The Kier molecular flexibility index (Phi) is 3.83. The lowest BCUT2D eigenvalue weighted by molar-refractivity contribution is -0.143. The van der Waals surface area contributed by atoms with Gasteiger partial charge in [0.1, 0.15) is 0 Å². The topological polar surface area (TPSA) is 78.9 Å². The van der Waals surface area contributed by atoms with E-state index in [4.69, 9.17) is 9.84 Å². The van der Waals surface area contributed by atoms with E-state index in [1.807, 2.05) is 0 Å². The van der Waals surface area contributed by atoms with Gasteiger partial charge >= 0.3 is 12.0 Å². The zero-order chi connectivity index (χ0) is 14.1. The van der Waals surface area contributed by atoms with Crippen LogP contribution in [0.2, 0.25) is 0 Å². The number of amides is 2. The molecule has 0 aromatic rings. The molecular weight excluding hydrogens is 260 g/mol. The van der Waals surface area contributed by atoms with Crippen LogP contribution in [0.25, 0.3) is 0 Å². The van der Waals surface area contributed by atoms with Crippen LogP contribution in [0.4, 0.5) is 4.79 Å². The third kappa shape index (κ3) is 2.90. The van der Waals surface area contributed by atoms with Crippen molar-refractivity contribution in [2.75, 3.05) is 19.7 Å². The first-order valence-electron chi connectivity index (χ1n) is 7.55. The van der Waals surface area contributed by atoms with E-state index < -0.39 is 11.9 Å². The minimum atomic E-state index is -0.803. The van der Waals surface area contributed by atoms with Gasteiger partial charge in [0, 0.05) is 19.7 Å². The van der Waals surface area contributed by atoms with Gasteiger partial charge in [-0.2, -0.15) is 0 Å². The Labute approximate surface area is 118 Å². The highest BCUT2D eigenvalue weighted by Gasteiger charge is 2.42. The number of ether oxygens (including phenoxy) is 1. The highest BCUT2D eigenvalue weighted by Crippen LogP contribution is 2.38. The molecule has 3 atom stereocenters. The van der Waals surface area contributed by atoms with Crippen LogP contribution in [0.3, 0.4) is 0 Å². The lowest BCUT2D eigenvalue weighted by atomic mass is 9.98. The van der Waals surface area contributed by atoms with Gasteiger partial charge in [-0.1, -0.05) is 0 Å². The third-order valence-corrected chi connectivity index (χ3v) is 4.59. The van der Waals surface area contributed by atoms with Gasteiger partial charge in [0.25, 0.3) is 0 Å². The van der Waals surface area contributed by atoms with Gasteiger partial charge in [-0.25, -0.2) is 4.79 Å². The van der Waals surface area contributed by atoms with E-state index in [2.05, 4.69) is 5.32 Å². The number of urea groups is 1. The molecule has 3 fully saturated rings. The van der Waals surface area contributed by atoms with Crippen LogP contribution >= 0.6 is 0 Å². The SMILES string of the molecule is O=C(O)[C@@H]1CCCN(C(=O)NC2CCOC2C2CC2)C1. The summed E-state index contributed by atoms with van der Waals surface area (Å²) < 4.78 is 5.71. The average molecular weight is 282 g/mol. The van der Waals surface area contributed by atoms with Crippen molar-refractivity contribution in [3.05, 3.63) is 0 Å². The number of hydrogen-bond acceptors (Lipinski definition) is 3. The van der Waals surface area contributed by atoms with Crippen molar-refractivity contribution in [1.82, 2.24) is 10.2 Å². The molecule has 0 bridgehead atoms. The number of carbonyl (C=O) groups is 2. The molecule has 0 radical (unpaired) electrons. The molecule has 0 aromatic carbocycles. The summed E-state index contributed by atoms with van der Waals surface area (Å²) in [6.07, 6.45) is 4.85. The monoisotopic (exact) mass is 282 g/mol. The molecule has 2 heterocycles. The molecule has 6 heteroatoms. The minimum absolute atomic E-state index is 0.0974. The molecular formula is C14H22N2O4. The minimum Gasteiger partial charge on any atom is -0.481 e. The second-order valence-corrected chi connectivity index (χ2v) is 6.14. The van der Waals surface area contributed by atoms with E-state index in [1.54, 1.807) is 4.90 Å². The maximum Gasteiger partial charge on any atom is 0.317 e. The summed E-state index contributed by atoms with van der Waals surface area (Å²) in [5.74, 6) is -0.618. The largest absolute Gasteiger partial charge is 0.481 e. The van der Waals surface area contributed by atoms with Gasteiger partial charge in [0.2, 0.25) is 0 Å². The van der Waals surface area contributed by atoms with Gasteiger partial charge in [-0.05, 0) is 38.0 Å². The number of rotatable bonds is 3. The third-order valence-electron chi connectivity index (χ3n) is 4.59. The van der Waals surface area contributed by atoms with Crippen molar-refractivity contribution in [3.8, 4) is 0 Å². The van der Waals surface area contributed by atoms with E-state index in [9.17, 15) is 9.59 Å². The normalized spacial score (nSPS) is 34.0. The van der Waals surface area contributed by atoms with Gasteiger partial charge in [0.05, 0.1) is 18.1 Å². The zero-order valence-electron chi connectivity index (χ0n) is 11.6. The van der Waals surface area contributed by atoms with Crippen molar-refractivity contribution in [2.24, 2.45) is 11.8 Å². The molecule has 2 N–H and O–H groups in total. The maximum atomic E-state index is 12.3. The van der Waals surface area contributed by atoms with Crippen LogP contribution in [0, 0.1) is 11.8 Å². The molecule has 3 aliphatic rings. The fraction of sp³-hybridized carbons (Fsp3) is 0.857. The highest BCUT2D eigenvalue weighted by molar-refractivity contribution is 5.76. The molecule has 0 spiro atoms. The number of piperidine rings is 1. The summed E-state index contributed by atoms with van der Waals surface area (Å²) >= 11 is 0. The number of aliphatic carboxylic acids is 1. The van der Waals surface area contributed by atoms with Crippen molar-refractivity contribution in [1.29, 1.82) is 0 Å². The Hall–Kier alpha value is -1.30. The standard InChI is InChI=1S/C14H22N2O4/c17-13(18)10-2-1-6-16(8-10)14(19)15-11-5-7-20-12(11)9-3-4-9/h9-12H,1-8H2,(H,15,19)(H,17,18)/t10-,11?,12?/m1/s1. The Morgan fingerprint density at radius 1 is 1.20 bits per heavy atom. The molecule has 2 saturated heterocycles. The van der Waals surface area contributed by atoms with E-state index in [0.717, 1.165) is 12.8 Å². The smallest absolute Gasteiger partial charge is 0.317 e. The Bertz CT molecular complexity index is 397. The van der Waals surface area contributed by atoms with Gasteiger partial charge in [0.15, 0.2) is 0 Å². The number of nitrogens with one attached hydrogen (secondary N) is 1. The molecule has 6 nitrogen and oxygen atoms in total. The first kappa shape index (κ1) is 13.7. The van der Waals surface area contributed by atoms with E-state index in [1.165, 1.54) is 12.8 Å². The predicted octanol–water partition coefficient (Wildman–Crippen LogP) is 1.06. The summed E-state index contributed by atoms with van der Waals surface area (Å²) in [7, 11) is 0. The van der Waals surface area contributed by atoms with Crippen LogP contribution in [0.5, 0.6) is 0 Å². The molecule has 0 aromatic heterocycles. The molecule has 112 valence electrons. The summed E-state index contributed by atoms with van der Waals surface area (Å²) in [4.78, 5) is 25.0. The molecule has 3 rings (SSSR count). The molecule has 2 amide bonds. The average Bonchev–Trinajstić information content (AvgIpc) is 3.19. The zero-order valence-corrected chi connectivity index (χ0v) is 11.6. The van der Waals surface area contributed by atoms with Crippen molar-refractivity contribution >= 4 is 12.0 Å². The molecule has 1 aliphatic carbocycles. The van der Waals surface area contributed by atoms with Crippen LogP contribution in [0.1, 0.15) is 32.1 Å². The van der Waals surface area contributed by atoms with Gasteiger partial charge in [-0.15, -0.1) is 0 Å². The molecule has 2 aliphatic heterocycles. The molecule has 1 saturated carbocycles. The van der Waals surface area contributed by atoms with Crippen LogP contribution in [-0.2, 0) is 9.53 Å². The fourth-order valence-corrected chi connectivity index (χ4v) is 3.27. The quantitative estimate of drug-likeness (QED) is 0.811. The van der Waals surface area contributed by atoms with E-state index >= 15 is 0 Å². The number of nitrogens with zero attached hydrogens (tertiary/aromatic N) is 1. The summed E-state index contributed by atoms with van der Waals surface area (Å²) in [6.45, 7) is 1.68. The highest BCUT2D eigenvalue weighted by atomic mass is 16.5. The lowest BCUT2D eigenvalue weighted by Gasteiger charge is -2.32. The maximum absolute atomic E-state index is 12.3. The first-order chi connectivity index (χ1) is 9.65. The summed E-state index contributed by atoms with van der Waals surface area (Å²) in [5.41, 5.74) is 0. The number of carboxylic acids is 1. The predicted molar refractivity (Wildman–Crippen MR) is 71.3 cm³/mol. The number of hydrogen-bond donors (Lipinski definition) is 2. The lowest BCUT2D eigenvalue weighted by Crippen LogP contribution is -2.51.